The van der Waals surface area contributed by atoms with Crippen molar-refractivity contribution in [2.24, 2.45) is 0 Å². The second-order valence-corrected chi connectivity index (χ2v) is 48.5. The van der Waals surface area contributed by atoms with Gasteiger partial charge in [-0.3, -0.25) is 0 Å². The van der Waals surface area contributed by atoms with Crippen molar-refractivity contribution < 1.29 is 14.2 Å². The van der Waals surface area contributed by atoms with E-state index in [0.717, 1.165) is 119 Å². The summed E-state index contributed by atoms with van der Waals surface area (Å²) in [5.74, 6) is 4.97. The molecule has 0 amide bonds. The number of anilines is 17. The number of nitrogens with one attached hydrogen (secondary N) is 1. The molecule has 0 aliphatic carbocycles. The molecule has 0 bridgehead atoms. The molecule has 0 saturated heterocycles. The third kappa shape index (κ3) is 9.44. The van der Waals surface area contributed by atoms with Gasteiger partial charge in [-0.05, 0) is 211 Å². The third-order valence-corrected chi connectivity index (χ3v) is 38.2. The lowest BCUT2D eigenvalue weighted by Crippen LogP contribution is -2.65. The minimum atomic E-state index is -2.27. The van der Waals surface area contributed by atoms with Crippen LogP contribution >= 0.6 is 0 Å². The van der Waals surface area contributed by atoms with Crippen LogP contribution in [0.2, 0.25) is 39.3 Å². The van der Waals surface area contributed by atoms with Gasteiger partial charge in [0.2, 0.25) is 0 Å². The molecular weight excluding hydrogens is 1470 g/mol. The van der Waals surface area contributed by atoms with Crippen LogP contribution in [0.4, 0.5) is 96.7 Å². The first-order chi connectivity index (χ1) is 56.8. The Hall–Kier alpha value is -12.7. The first-order valence-electron chi connectivity index (χ1n) is 41.4. The van der Waals surface area contributed by atoms with Gasteiger partial charge in [0.25, 0.3) is 20.1 Å². The maximum absolute atomic E-state index is 7.93. The fourth-order valence-electron chi connectivity index (χ4n) is 22.7. The van der Waals surface area contributed by atoms with Crippen LogP contribution in [0.5, 0.6) is 34.5 Å². The van der Waals surface area contributed by atoms with Gasteiger partial charge in [-0.2, -0.15) is 0 Å². The highest BCUT2D eigenvalue weighted by Gasteiger charge is 2.52. The van der Waals surface area contributed by atoms with Crippen LogP contribution in [-0.4, -0.2) is 44.4 Å². The van der Waals surface area contributed by atoms with Gasteiger partial charge in [-0.15, -0.1) is 0 Å². The van der Waals surface area contributed by atoms with E-state index in [4.69, 9.17) is 14.2 Å². The van der Waals surface area contributed by atoms with Crippen molar-refractivity contribution in [3.8, 4) is 34.5 Å². The maximum Gasteiger partial charge on any atom is 0.260 e. The second-order valence-electron chi connectivity index (χ2n) is 35.6. The minimum absolute atomic E-state index is 0.206. The summed E-state index contributed by atoms with van der Waals surface area (Å²) in [5, 5.41) is 12.8. The van der Waals surface area contributed by atoms with Crippen molar-refractivity contribution in [2.45, 2.75) is 80.8 Å². The molecule has 1 N–H and O–H groups in total. The SMILES string of the molecule is Cc1cc(C)c(N2c3cc4c(cc3B3c5cc6c(cc5N(c5c(C)cc(C)cc5C)c5cc(N7c8ccccc8[Si](C)(C)c8ccccc87)cc2c53)Oc2cc(N3c5ccccc5[Si](C)(C)c5ccccc53)cc3c2B6c2ccccc2O3)B2c3ccccc3Oc3cc(N5c6ccccc6[Si](C)(C)c6ccccc65)cc(c32)N4)c(C)c1. The Labute approximate surface area is 688 Å². The highest BCUT2D eigenvalue weighted by molar-refractivity contribution is 7.06. The molecule has 9 aliphatic rings. The van der Waals surface area contributed by atoms with E-state index in [2.05, 4.69) is 390 Å². The predicted molar refractivity (Wildman–Crippen MR) is 502 cm³/mol. The van der Waals surface area contributed by atoms with E-state index in [0.29, 0.717) is 0 Å². The van der Waals surface area contributed by atoms with E-state index >= 15 is 0 Å². The Morgan fingerprint density at radius 2 is 0.564 bits per heavy atom. The summed E-state index contributed by atoms with van der Waals surface area (Å²) in [6, 6.07) is 107. The number of rotatable bonds is 5. The highest BCUT2D eigenvalue weighted by Crippen LogP contribution is 2.54. The molecule has 0 unspecified atom stereocenters. The Balaban J connectivity index is 0.798. The Morgan fingerprint density at radius 3 is 0.983 bits per heavy atom. The number of aryl methyl sites for hydroxylation is 6. The fraction of sp³-hybridized carbons (Fsp3) is 0.118. The average Bonchev–Trinajstić information content (AvgIpc) is 0.650. The molecule has 0 spiro atoms. The summed E-state index contributed by atoms with van der Waals surface area (Å²) < 4.78 is 22.7. The summed E-state index contributed by atoms with van der Waals surface area (Å²) in [4.78, 5) is 12.9. The molecule has 9 heterocycles. The molecule has 0 aromatic heterocycles. The third-order valence-electron chi connectivity index (χ3n) is 27.6. The smallest absolute Gasteiger partial charge is 0.260 e. The molecule has 9 aliphatic heterocycles. The lowest BCUT2D eigenvalue weighted by molar-refractivity contribution is 0.465. The largest absolute Gasteiger partial charge is 0.458 e. The second kappa shape index (κ2) is 24.2. The normalized spacial score (nSPS) is 15.7. The zero-order chi connectivity index (χ0) is 78.9. The van der Waals surface area contributed by atoms with Gasteiger partial charge in [0.05, 0.1) is 28.4 Å². The van der Waals surface area contributed by atoms with Gasteiger partial charge in [-0.1, -0.05) is 232 Å². The van der Waals surface area contributed by atoms with E-state index < -0.39 is 24.2 Å². The first-order valence-corrected chi connectivity index (χ1v) is 50.4. The number of benzene rings is 15. The molecule has 9 nitrogen and oxygen atoms in total. The molecule has 15 aromatic carbocycles. The van der Waals surface area contributed by atoms with Gasteiger partial charge < -0.3 is 44.0 Å². The molecule has 15 heteroatoms. The Bertz CT molecular complexity index is 6470. The van der Waals surface area contributed by atoms with Crippen molar-refractivity contribution in [3.63, 3.8) is 0 Å². The van der Waals surface area contributed by atoms with Gasteiger partial charge in [-0.25, -0.2) is 0 Å². The molecule has 0 radical (unpaired) electrons. The van der Waals surface area contributed by atoms with Gasteiger partial charge in [0.1, 0.15) is 58.7 Å². The molecule has 0 atom stereocenters. The summed E-state index contributed by atoms with van der Waals surface area (Å²) in [5.41, 5.74) is 36.9. The van der Waals surface area contributed by atoms with Crippen molar-refractivity contribution in [2.75, 3.05) is 29.8 Å². The van der Waals surface area contributed by atoms with Crippen molar-refractivity contribution >= 4 is 221 Å². The van der Waals surface area contributed by atoms with Gasteiger partial charge >= 0.3 is 0 Å². The van der Waals surface area contributed by atoms with Crippen LogP contribution in [0.25, 0.3) is 0 Å². The van der Waals surface area contributed by atoms with Crippen LogP contribution in [-0.2, 0) is 0 Å². The minimum Gasteiger partial charge on any atom is -0.458 e. The molecule has 0 fully saturated rings. The number of fused-ring (bicyclic) bond motifs is 18. The van der Waals surface area contributed by atoms with Crippen LogP contribution in [0.3, 0.4) is 0 Å². The Kier molecular flexibility index (Phi) is 14.2. The molecule has 0 saturated carbocycles. The molecule has 15 aromatic rings. The van der Waals surface area contributed by atoms with Gasteiger partial charge in [0, 0.05) is 98.0 Å². The number of ether oxygens (including phenoxy) is 3. The monoisotopic (exact) mass is 1560 g/mol. The number of para-hydroxylation sites is 8. The molecule has 560 valence electrons. The standard InChI is InChI=1S/C102H83B3N6O3Si3/c1-59-45-61(3)101(62(4)46-59)110-82-57-74-70(103-68-29-13-21-37-86(68)112-89-52-65(49-75(106-74)98(89)103)107-76-31-15-23-39-92(76)115(7,8)93-40-24-16-32-77(93)107)55-71(82)105-72-56-73-88(114-91-54-67(53-90-100(91)104(73)69-30-14-22-38-87(69)113-90)109-80-35-19-27-43-96(80)117(11,12)97-44-28-20-36-81(97)109)58-83(72)111(102-63(5)47-60(2)48-64(102)6)85-51-66(50-84(110)99(85)105)108-78-33-17-25-41-94(78)116(9,10)95-42-26-18-34-79(95)108/h13-58,106H,1-12H3. The maximum atomic E-state index is 7.93. The fourth-order valence-corrected chi connectivity index (χ4v) is 31.7. The van der Waals surface area contributed by atoms with E-state index in [-0.39, 0.29) is 20.1 Å². The zero-order valence-corrected chi connectivity index (χ0v) is 70.8. The van der Waals surface area contributed by atoms with Crippen LogP contribution < -0.4 is 124 Å². The molecule has 24 rings (SSSR count). The Morgan fingerprint density at radius 1 is 0.239 bits per heavy atom. The number of hydrogen-bond donors (Lipinski definition) is 1. The van der Waals surface area contributed by atoms with E-state index in [9.17, 15) is 0 Å². The lowest BCUT2D eigenvalue weighted by Gasteiger charge is -2.48. The van der Waals surface area contributed by atoms with E-state index in [1.165, 1.54) is 126 Å². The van der Waals surface area contributed by atoms with Crippen LogP contribution in [0, 0.1) is 41.5 Å². The highest BCUT2D eigenvalue weighted by atomic mass is 28.3. The zero-order valence-electron chi connectivity index (χ0n) is 67.8. The summed E-state index contributed by atoms with van der Waals surface area (Å²) in [6.45, 7) is 28.0. The van der Waals surface area contributed by atoms with Crippen molar-refractivity contribution in [1.29, 1.82) is 0 Å². The topological polar surface area (TPSA) is 55.9 Å². The van der Waals surface area contributed by atoms with E-state index in [1.807, 2.05) is 0 Å². The summed E-state index contributed by atoms with van der Waals surface area (Å²) in [6.07, 6.45) is 0. The van der Waals surface area contributed by atoms with Crippen molar-refractivity contribution in [1.82, 2.24) is 0 Å². The first kappa shape index (κ1) is 68.7. The predicted octanol–water partition coefficient (Wildman–Crippen LogP) is 16.8. The van der Waals surface area contributed by atoms with Crippen LogP contribution in [0.1, 0.15) is 33.4 Å². The molecular formula is C102H83B3N6O3Si3. The quantitative estimate of drug-likeness (QED) is 0.170. The molecule has 117 heavy (non-hydrogen) atoms. The number of nitrogens with zero attached hydrogens (tertiary/aromatic N) is 5. The van der Waals surface area contributed by atoms with Crippen LogP contribution in [0.15, 0.2) is 279 Å². The number of hydrogen-bond acceptors (Lipinski definition) is 9. The van der Waals surface area contributed by atoms with Crippen molar-refractivity contribution in [3.05, 3.63) is 312 Å². The average molecular weight is 1560 g/mol. The summed E-state index contributed by atoms with van der Waals surface area (Å²) >= 11 is 0. The lowest BCUT2D eigenvalue weighted by atomic mass is 9.29. The van der Waals surface area contributed by atoms with Gasteiger partial charge in [0.15, 0.2) is 0 Å². The summed E-state index contributed by atoms with van der Waals surface area (Å²) in [7, 11) is -6.53. The van der Waals surface area contributed by atoms with E-state index in [1.54, 1.807) is 0 Å².